The Morgan fingerprint density at radius 3 is 1.34 bits per heavy atom. The Hall–Kier alpha value is -8.77. The highest BCUT2D eigenvalue weighted by Gasteiger charge is 2.37. The van der Waals surface area contributed by atoms with Crippen molar-refractivity contribution in [1.82, 2.24) is 39.0 Å². The summed E-state index contributed by atoms with van der Waals surface area (Å²) in [6.45, 7) is 7.19. The minimum atomic E-state index is -5.07. The van der Waals surface area contributed by atoms with Crippen LogP contribution in [0.2, 0.25) is 0 Å². The molecule has 0 radical (unpaired) electrons. The molecule has 4 heterocycles. The molecule has 342 valence electrons. The van der Waals surface area contributed by atoms with Crippen LogP contribution in [0.25, 0.3) is 100 Å². The molecule has 0 saturated heterocycles. The fraction of sp³-hybridized carbons (Fsp3) is 0.109. The van der Waals surface area contributed by atoms with E-state index in [1.807, 2.05) is 94.1 Å². The number of hydrogen-bond acceptors (Lipinski definition) is 7. The average molecular weight is 936 g/mol. The van der Waals surface area contributed by atoms with Crippen LogP contribution in [0, 0.1) is 39.0 Å². The molecule has 11 aromatic rings. The van der Waals surface area contributed by atoms with E-state index in [4.69, 9.17) is 0 Å². The highest BCUT2D eigenvalue weighted by molar-refractivity contribution is 6.12. The lowest BCUT2D eigenvalue weighted by atomic mass is 9.93. The van der Waals surface area contributed by atoms with E-state index in [9.17, 15) is 31.6 Å². The van der Waals surface area contributed by atoms with Crippen LogP contribution in [0.4, 0.5) is 26.3 Å². The molecule has 11 rings (SSSR count). The molecule has 0 N–H and O–H groups in total. The zero-order valence-electron chi connectivity index (χ0n) is 37.6. The number of nitriles is 1. The number of benzene rings is 7. The molecule has 0 atom stereocenters. The predicted octanol–water partition coefficient (Wildman–Crippen LogP) is 14.1. The van der Waals surface area contributed by atoms with Gasteiger partial charge in [-0.05, 0) is 130 Å². The molecule has 0 bridgehead atoms. The summed E-state index contributed by atoms with van der Waals surface area (Å²) in [7, 11) is 0. The van der Waals surface area contributed by atoms with Crippen LogP contribution in [0.3, 0.4) is 0 Å². The van der Waals surface area contributed by atoms with E-state index in [2.05, 4.69) is 36.0 Å². The van der Waals surface area contributed by atoms with Crippen LogP contribution in [-0.4, -0.2) is 39.0 Å². The third kappa shape index (κ3) is 7.54. The third-order valence-corrected chi connectivity index (χ3v) is 12.4. The molecule has 0 aliphatic carbocycles. The first-order valence-electron chi connectivity index (χ1n) is 22.0. The van der Waals surface area contributed by atoms with Crippen molar-refractivity contribution in [3.05, 3.63) is 180 Å². The number of aromatic nitrogens is 8. The third-order valence-electron chi connectivity index (χ3n) is 12.4. The maximum Gasteiger partial charge on any atom is 0.416 e. The second kappa shape index (κ2) is 16.2. The second-order valence-corrected chi connectivity index (χ2v) is 17.0. The lowest BCUT2D eigenvalue weighted by Gasteiger charge is -2.21. The van der Waals surface area contributed by atoms with Gasteiger partial charge in [-0.25, -0.2) is 29.9 Å². The summed E-state index contributed by atoms with van der Waals surface area (Å²) < 4.78 is 90.4. The van der Waals surface area contributed by atoms with Crippen LogP contribution in [0.5, 0.6) is 0 Å². The molecule has 0 unspecified atom stereocenters. The van der Waals surface area contributed by atoms with Gasteiger partial charge < -0.3 is 9.13 Å². The largest absolute Gasteiger partial charge is 0.416 e. The molecule has 15 heteroatoms. The van der Waals surface area contributed by atoms with Crippen LogP contribution in [0.15, 0.2) is 140 Å². The van der Waals surface area contributed by atoms with E-state index in [1.54, 1.807) is 58.0 Å². The van der Waals surface area contributed by atoms with Gasteiger partial charge in [0.25, 0.3) is 0 Å². The number of fused-ring (bicyclic) bond motifs is 6. The van der Waals surface area contributed by atoms with Gasteiger partial charge in [0.2, 0.25) is 0 Å². The summed E-state index contributed by atoms with van der Waals surface area (Å²) in [6.07, 6.45) is -10.1. The van der Waals surface area contributed by atoms with Crippen molar-refractivity contribution < 1.29 is 26.3 Å². The number of aryl methyl sites for hydroxylation is 4. The van der Waals surface area contributed by atoms with Crippen molar-refractivity contribution >= 4 is 43.6 Å². The van der Waals surface area contributed by atoms with Gasteiger partial charge in [-0.15, -0.1) is 0 Å². The average Bonchev–Trinajstić information content (AvgIpc) is 3.84. The van der Waals surface area contributed by atoms with Crippen LogP contribution >= 0.6 is 0 Å². The Balaban J connectivity index is 1.22. The molecular weight excluding hydrogens is 901 g/mol. The number of para-hydroxylation sites is 2. The lowest BCUT2D eigenvalue weighted by molar-refractivity contribution is -0.143. The Bertz CT molecular complexity index is 3940. The second-order valence-electron chi connectivity index (χ2n) is 17.0. The zero-order chi connectivity index (χ0) is 48.8. The van der Waals surface area contributed by atoms with Crippen LogP contribution in [-0.2, 0) is 12.4 Å². The molecular formula is C55H35F6N9. The minimum absolute atomic E-state index is 0.101. The predicted molar refractivity (Wildman–Crippen MR) is 257 cm³/mol. The minimum Gasteiger partial charge on any atom is -0.309 e. The molecule has 0 aliphatic heterocycles. The van der Waals surface area contributed by atoms with E-state index in [1.165, 1.54) is 6.07 Å². The van der Waals surface area contributed by atoms with Gasteiger partial charge in [-0.3, -0.25) is 0 Å². The smallest absolute Gasteiger partial charge is 0.309 e. The standard InChI is InChI=1S/C55H35F6N9/c1-29-63-30(2)66-52(65-29)35-15-19-49-44(25-35)40-9-5-7-11-46(40)69(49)48-18-14-34(37-22-38(54(56,57)58)27-39(23-37)55(59,60)61)24-43(48)42-17-13-33(28-62)21-51(42)70-47-12-8-6-10-41(47)45-26-36(16-20-50(45)70)53-67-31(3)64-32(4)68-53/h5-27H,1-4H3. The quantitative estimate of drug-likeness (QED) is 0.153. The van der Waals surface area contributed by atoms with Gasteiger partial charge in [0.1, 0.15) is 23.3 Å². The summed E-state index contributed by atoms with van der Waals surface area (Å²) in [6, 6.07) is 41.1. The van der Waals surface area contributed by atoms with E-state index in [-0.39, 0.29) is 17.2 Å². The summed E-state index contributed by atoms with van der Waals surface area (Å²) in [5.74, 6) is 3.25. The number of alkyl halides is 6. The topological polar surface area (TPSA) is 111 Å². The molecule has 0 fully saturated rings. The van der Waals surface area contributed by atoms with Gasteiger partial charge >= 0.3 is 12.4 Å². The molecule has 9 nitrogen and oxygen atoms in total. The Morgan fingerprint density at radius 2 is 0.857 bits per heavy atom. The van der Waals surface area contributed by atoms with Crippen molar-refractivity contribution in [3.63, 3.8) is 0 Å². The highest BCUT2D eigenvalue weighted by Crippen LogP contribution is 2.45. The Kier molecular flexibility index (Phi) is 10.1. The van der Waals surface area contributed by atoms with Gasteiger partial charge in [0.15, 0.2) is 11.6 Å². The van der Waals surface area contributed by atoms with Gasteiger partial charge in [-0.2, -0.15) is 31.6 Å². The van der Waals surface area contributed by atoms with E-state index in [0.717, 1.165) is 66.9 Å². The number of nitrogens with zero attached hydrogens (tertiary/aromatic N) is 9. The van der Waals surface area contributed by atoms with E-state index < -0.39 is 23.5 Å². The van der Waals surface area contributed by atoms with Crippen molar-refractivity contribution in [2.24, 2.45) is 0 Å². The zero-order valence-corrected chi connectivity index (χ0v) is 37.6. The maximum atomic E-state index is 14.4. The van der Waals surface area contributed by atoms with Crippen molar-refractivity contribution in [3.8, 4) is 62.5 Å². The SMILES string of the molecule is Cc1nc(C)nc(-c2ccc3c(c2)c2ccccc2n3-c2ccc(-c3cc(C(F)(F)F)cc(C(F)(F)F)c3)cc2-c2ccc(C#N)cc2-n2c3ccccc3c3cc(-c4nc(C)nc(C)n4)ccc32)n1. The molecule has 0 amide bonds. The molecule has 0 spiro atoms. The Morgan fingerprint density at radius 1 is 0.400 bits per heavy atom. The molecule has 0 saturated carbocycles. The van der Waals surface area contributed by atoms with Crippen LogP contribution in [0.1, 0.15) is 40.0 Å². The maximum absolute atomic E-state index is 14.4. The first-order valence-corrected chi connectivity index (χ1v) is 22.0. The van der Waals surface area contributed by atoms with Gasteiger partial charge in [-0.1, -0.05) is 48.5 Å². The van der Waals surface area contributed by atoms with Crippen molar-refractivity contribution in [1.29, 1.82) is 5.26 Å². The number of rotatable bonds is 6. The molecule has 4 aromatic heterocycles. The fourth-order valence-electron chi connectivity index (χ4n) is 9.49. The first kappa shape index (κ1) is 43.8. The van der Waals surface area contributed by atoms with Crippen molar-refractivity contribution in [2.75, 3.05) is 0 Å². The monoisotopic (exact) mass is 935 g/mol. The van der Waals surface area contributed by atoms with E-state index >= 15 is 0 Å². The van der Waals surface area contributed by atoms with Crippen molar-refractivity contribution in [2.45, 2.75) is 40.0 Å². The van der Waals surface area contributed by atoms with Crippen LogP contribution < -0.4 is 0 Å². The Labute approximate surface area is 395 Å². The summed E-state index contributed by atoms with van der Waals surface area (Å²) in [4.78, 5) is 27.1. The summed E-state index contributed by atoms with van der Waals surface area (Å²) in [5, 5.41) is 13.9. The molecule has 70 heavy (non-hydrogen) atoms. The summed E-state index contributed by atoms with van der Waals surface area (Å²) >= 11 is 0. The first-order chi connectivity index (χ1) is 33.5. The van der Waals surface area contributed by atoms with Gasteiger partial charge in [0.05, 0.1) is 56.2 Å². The molecule has 0 aliphatic rings. The number of halogens is 6. The fourth-order valence-corrected chi connectivity index (χ4v) is 9.49. The normalized spacial score (nSPS) is 12.1. The lowest BCUT2D eigenvalue weighted by Crippen LogP contribution is -2.11. The van der Waals surface area contributed by atoms with E-state index in [0.29, 0.717) is 63.0 Å². The highest BCUT2D eigenvalue weighted by atomic mass is 19.4. The summed E-state index contributed by atoms with van der Waals surface area (Å²) in [5.41, 5.74) is 3.89. The number of hydrogen-bond donors (Lipinski definition) is 0. The van der Waals surface area contributed by atoms with Gasteiger partial charge in [0, 0.05) is 43.8 Å². The molecule has 7 aromatic carbocycles.